The molecule has 4 atom stereocenters. The van der Waals surface area contributed by atoms with Gasteiger partial charge in [0.1, 0.15) is 5.70 Å². The molecule has 2 aliphatic heterocycles. The number of hydrogen-bond donors (Lipinski definition) is 2. The number of carboxylic acids is 1. The van der Waals surface area contributed by atoms with Crippen LogP contribution in [-0.2, 0) is 15.3 Å². The second kappa shape index (κ2) is 9.28. The number of β-lactam (4-membered cyclic amide) rings is 1. The lowest BCUT2D eigenvalue weighted by atomic mass is 9.77. The van der Waals surface area contributed by atoms with E-state index in [4.69, 9.17) is 0 Å². The van der Waals surface area contributed by atoms with Crippen molar-refractivity contribution in [3.05, 3.63) is 40.7 Å². The number of carboxylic acid groups (broad SMARTS) is 1. The fourth-order valence-electron chi connectivity index (χ4n) is 4.29. The van der Waals surface area contributed by atoms with Crippen molar-refractivity contribution in [2.45, 2.75) is 44.1 Å². The van der Waals surface area contributed by atoms with E-state index in [2.05, 4.69) is 9.88 Å². The molecular formula is C21H29N3O4S. The molecule has 0 unspecified atom stereocenters. The third-order valence-electron chi connectivity index (χ3n) is 5.62. The van der Waals surface area contributed by atoms with Crippen LogP contribution in [0.15, 0.2) is 35.1 Å². The Bertz CT molecular complexity index is 781. The Morgan fingerprint density at radius 1 is 1.38 bits per heavy atom. The molecule has 8 heteroatoms. The normalized spacial score (nSPS) is 24.7. The number of unbranched alkanes of at least 4 members (excludes halogenated alkanes) is 1. The molecule has 1 saturated heterocycles. The Morgan fingerprint density at radius 3 is 2.72 bits per heavy atom. The molecule has 2 N–H and O–H groups in total. The number of rotatable bonds is 10. The van der Waals surface area contributed by atoms with Gasteiger partial charge in [-0.1, -0.05) is 12.5 Å². The number of aliphatic carboxylic acids is 1. The van der Waals surface area contributed by atoms with Crippen LogP contribution in [0.2, 0.25) is 0 Å². The molecular weight excluding hydrogens is 390 g/mol. The van der Waals surface area contributed by atoms with Gasteiger partial charge in [0.2, 0.25) is 5.91 Å². The monoisotopic (exact) mass is 419 g/mol. The molecule has 1 aromatic rings. The minimum absolute atomic E-state index is 0.0535. The van der Waals surface area contributed by atoms with E-state index in [1.807, 2.05) is 26.2 Å². The van der Waals surface area contributed by atoms with Gasteiger partial charge in [0.25, 0.3) is 0 Å². The first kappa shape index (κ1) is 21.8. The van der Waals surface area contributed by atoms with Gasteiger partial charge in [0.15, 0.2) is 0 Å². The van der Waals surface area contributed by atoms with Crippen LogP contribution in [0.25, 0.3) is 0 Å². The first-order valence-corrected chi connectivity index (χ1v) is 11.0. The molecule has 7 nitrogen and oxygen atoms in total. The van der Waals surface area contributed by atoms with Crippen LogP contribution >= 0.6 is 11.8 Å². The van der Waals surface area contributed by atoms with Crippen LogP contribution in [-0.4, -0.2) is 69.7 Å². The number of nitrogens with zero attached hydrogens (tertiary/aromatic N) is 3. The molecule has 0 spiro atoms. The largest absolute Gasteiger partial charge is 0.477 e. The van der Waals surface area contributed by atoms with Gasteiger partial charge >= 0.3 is 5.97 Å². The number of carbonyl (C=O) groups is 2. The molecule has 1 fully saturated rings. The van der Waals surface area contributed by atoms with Crippen LogP contribution in [0.1, 0.15) is 31.7 Å². The molecule has 0 radical (unpaired) electrons. The summed E-state index contributed by atoms with van der Waals surface area (Å²) >= 11 is 1.48. The lowest BCUT2D eigenvalue weighted by Gasteiger charge is -2.47. The van der Waals surface area contributed by atoms with E-state index in [-0.39, 0.29) is 23.6 Å². The molecule has 2 aliphatic rings. The Kier molecular flexibility index (Phi) is 6.97. The number of fused-ring (bicyclic) bond motifs is 1. The predicted octanol–water partition coefficient (Wildman–Crippen LogP) is 2.18. The van der Waals surface area contributed by atoms with Crippen LogP contribution in [0.4, 0.5) is 0 Å². The van der Waals surface area contributed by atoms with Crippen LogP contribution in [0.5, 0.6) is 0 Å². The van der Waals surface area contributed by atoms with Crippen molar-refractivity contribution in [3.63, 3.8) is 0 Å². The highest BCUT2D eigenvalue weighted by Gasteiger charge is 2.60. The zero-order valence-corrected chi connectivity index (χ0v) is 17.9. The summed E-state index contributed by atoms with van der Waals surface area (Å²) in [5, 5.41) is 20.0. The lowest BCUT2D eigenvalue weighted by molar-refractivity contribution is -0.163. The molecule has 0 aliphatic carbocycles. The first-order chi connectivity index (χ1) is 13.8. The Hall–Kier alpha value is -1.90. The molecule has 3 rings (SSSR count). The molecule has 1 amide bonds. The first-order valence-electron chi connectivity index (χ1n) is 9.98. The summed E-state index contributed by atoms with van der Waals surface area (Å²) in [6.07, 6.45) is 5.44. The molecule has 0 bridgehead atoms. The molecule has 0 saturated carbocycles. The molecule has 158 valence electrons. The zero-order chi connectivity index (χ0) is 21.1. The van der Waals surface area contributed by atoms with E-state index < -0.39 is 18.0 Å². The highest BCUT2D eigenvalue weighted by atomic mass is 32.2. The second-order valence-corrected chi connectivity index (χ2v) is 9.06. The van der Waals surface area contributed by atoms with Crippen molar-refractivity contribution in [2.75, 3.05) is 20.6 Å². The fraction of sp³-hybridized carbons (Fsp3) is 0.571. The highest BCUT2D eigenvalue weighted by Crippen LogP contribution is 2.52. The van der Waals surface area contributed by atoms with Gasteiger partial charge in [0, 0.05) is 29.0 Å². The average molecular weight is 420 g/mol. The summed E-state index contributed by atoms with van der Waals surface area (Å²) in [6.45, 7) is 2.58. The van der Waals surface area contributed by atoms with Crippen molar-refractivity contribution < 1.29 is 19.8 Å². The third kappa shape index (κ3) is 4.49. The lowest BCUT2D eigenvalue weighted by Crippen LogP contribution is -2.63. The minimum Gasteiger partial charge on any atom is -0.477 e. The standard InChI is InChI=1S/C21H29N3O4S/c1-13(25)16-17-15(8-4-5-10-23(2)3)19(18(21(27)28)24(17)20(16)26)29-12-14-7-6-9-22-11-14/h6-7,9,11,13,15-17,25H,4-5,8,10,12H2,1-3H3,(H,27,28)/t13-,15-,16-,17-/m1/s1. The number of hydrogen-bond acceptors (Lipinski definition) is 6. The van der Waals surface area contributed by atoms with Crippen LogP contribution in [0, 0.1) is 11.8 Å². The Balaban J connectivity index is 1.84. The minimum atomic E-state index is -1.07. The topological polar surface area (TPSA) is 94.0 Å². The van der Waals surface area contributed by atoms with Gasteiger partial charge in [-0.25, -0.2) is 4.79 Å². The Morgan fingerprint density at radius 2 is 2.14 bits per heavy atom. The van der Waals surface area contributed by atoms with Gasteiger partial charge in [-0.05, 0) is 52.0 Å². The number of aromatic nitrogens is 1. The van der Waals surface area contributed by atoms with Crippen molar-refractivity contribution in [2.24, 2.45) is 11.8 Å². The van der Waals surface area contributed by atoms with Crippen LogP contribution in [0.3, 0.4) is 0 Å². The summed E-state index contributed by atoms with van der Waals surface area (Å²) in [5.74, 6) is -1.33. The number of aliphatic hydroxyl groups is 1. The van der Waals surface area contributed by atoms with Crippen molar-refractivity contribution in [1.82, 2.24) is 14.8 Å². The van der Waals surface area contributed by atoms with E-state index in [0.717, 1.165) is 36.3 Å². The van der Waals surface area contributed by atoms with E-state index in [9.17, 15) is 19.8 Å². The summed E-state index contributed by atoms with van der Waals surface area (Å²) < 4.78 is 0. The van der Waals surface area contributed by atoms with Crippen molar-refractivity contribution >= 4 is 23.6 Å². The van der Waals surface area contributed by atoms with E-state index >= 15 is 0 Å². The Labute approximate surface area is 175 Å². The number of pyridine rings is 1. The second-order valence-electron chi connectivity index (χ2n) is 8.04. The number of aliphatic hydroxyl groups excluding tert-OH is 1. The van der Waals surface area contributed by atoms with Crippen molar-refractivity contribution in [3.8, 4) is 0 Å². The van der Waals surface area contributed by atoms with Gasteiger partial charge < -0.3 is 20.0 Å². The average Bonchev–Trinajstić information content (AvgIpc) is 2.93. The van der Waals surface area contributed by atoms with Gasteiger partial charge in [-0.15, -0.1) is 11.8 Å². The summed E-state index contributed by atoms with van der Waals surface area (Å²) in [6, 6.07) is 3.56. The van der Waals surface area contributed by atoms with Gasteiger partial charge in [0.05, 0.1) is 18.1 Å². The fourth-order valence-corrected chi connectivity index (χ4v) is 5.57. The van der Waals surface area contributed by atoms with E-state index in [0.29, 0.717) is 5.75 Å². The SMILES string of the molecule is C[C@@H](O)[C@H]1C(=O)N2C(C(=O)O)=C(SCc3cccnc3)[C@H](CCCCN(C)C)[C@H]12. The van der Waals surface area contributed by atoms with E-state index in [1.165, 1.54) is 16.7 Å². The van der Waals surface area contributed by atoms with Gasteiger partial charge in [-0.3, -0.25) is 9.78 Å². The predicted molar refractivity (Wildman–Crippen MR) is 112 cm³/mol. The molecule has 29 heavy (non-hydrogen) atoms. The van der Waals surface area contributed by atoms with Gasteiger partial charge in [-0.2, -0.15) is 0 Å². The third-order valence-corrected chi connectivity index (χ3v) is 6.91. The highest BCUT2D eigenvalue weighted by molar-refractivity contribution is 8.02. The summed E-state index contributed by atoms with van der Waals surface area (Å²) in [7, 11) is 4.06. The number of amides is 1. The molecule has 1 aromatic heterocycles. The summed E-state index contributed by atoms with van der Waals surface area (Å²) in [5.41, 5.74) is 1.11. The zero-order valence-electron chi connectivity index (χ0n) is 17.1. The maximum absolute atomic E-state index is 12.6. The molecule has 3 heterocycles. The molecule has 0 aromatic carbocycles. The maximum atomic E-state index is 12.6. The quantitative estimate of drug-likeness (QED) is 0.443. The van der Waals surface area contributed by atoms with Crippen molar-refractivity contribution in [1.29, 1.82) is 0 Å². The van der Waals surface area contributed by atoms with Crippen LogP contribution < -0.4 is 0 Å². The maximum Gasteiger partial charge on any atom is 0.353 e. The summed E-state index contributed by atoms with van der Waals surface area (Å²) in [4.78, 5) is 33.1. The number of thioether (sulfide) groups is 1. The smallest absolute Gasteiger partial charge is 0.353 e. The van der Waals surface area contributed by atoms with E-state index in [1.54, 1.807) is 19.3 Å². The number of carbonyl (C=O) groups excluding carboxylic acids is 1.